The fraction of sp³-hybridized carbons (Fsp3) is 0.188. The van der Waals surface area contributed by atoms with E-state index in [0.29, 0.717) is 23.9 Å². The van der Waals surface area contributed by atoms with Crippen molar-refractivity contribution in [1.82, 2.24) is 14.7 Å². The maximum Gasteiger partial charge on any atom is 0.415 e. The summed E-state index contributed by atoms with van der Waals surface area (Å²) < 4.78 is 18.8. The molecule has 0 bridgehead atoms. The molecule has 0 spiro atoms. The van der Waals surface area contributed by atoms with E-state index in [-0.39, 0.29) is 24.9 Å². The van der Waals surface area contributed by atoms with Gasteiger partial charge in [-0.3, -0.25) is 9.69 Å². The van der Waals surface area contributed by atoms with Crippen LogP contribution in [0, 0.1) is 0 Å². The number of ether oxygens (including phenoxy) is 3. The summed E-state index contributed by atoms with van der Waals surface area (Å²) in [5.41, 5.74) is 6.35. The van der Waals surface area contributed by atoms with Crippen molar-refractivity contribution in [2.45, 2.75) is 38.0 Å². The number of nitrogens with zero attached hydrogens (tertiary/aromatic N) is 4. The van der Waals surface area contributed by atoms with Crippen molar-refractivity contribution in [2.75, 3.05) is 26.2 Å². The highest BCUT2D eigenvalue weighted by Crippen LogP contribution is 2.45. The molecule has 0 aliphatic carbocycles. The molecular weight excluding hydrogens is 713 g/mol. The summed E-state index contributed by atoms with van der Waals surface area (Å²) in [6.07, 6.45) is -0.363. The summed E-state index contributed by atoms with van der Waals surface area (Å²) in [6.45, 7) is 2.56. The van der Waals surface area contributed by atoms with Crippen molar-refractivity contribution in [2.24, 2.45) is 0 Å². The number of anilines is 1. The zero-order valence-electron chi connectivity index (χ0n) is 32.5. The first kappa shape index (κ1) is 37.1. The molecule has 0 N–H and O–H groups in total. The Bertz CT molecular complexity index is 2430. The lowest BCUT2D eigenvalue weighted by Crippen LogP contribution is -2.39. The van der Waals surface area contributed by atoms with E-state index in [1.54, 1.807) is 25.2 Å². The molecule has 0 radical (unpaired) electrons. The molecule has 1 aliphatic rings. The monoisotopic (exact) mass is 756 g/mol. The Balaban J connectivity index is 1.42. The van der Waals surface area contributed by atoms with Gasteiger partial charge in [0.05, 0.1) is 45.9 Å². The summed E-state index contributed by atoms with van der Waals surface area (Å²) in [6, 6.07) is 50.5. The molecule has 9 nitrogen and oxygen atoms in total. The van der Waals surface area contributed by atoms with Crippen LogP contribution in [0.25, 0.3) is 10.9 Å². The number of carbonyl (C=O) groups is 2. The van der Waals surface area contributed by atoms with E-state index < -0.39 is 11.6 Å². The van der Waals surface area contributed by atoms with Gasteiger partial charge in [-0.15, -0.1) is 0 Å². The number of hydrogen-bond acceptors (Lipinski definition) is 6. The van der Waals surface area contributed by atoms with Crippen LogP contribution in [0.15, 0.2) is 152 Å². The second-order valence-corrected chi connectivity index (χ2v) is 14.2. The van der Waals surface area contributed by atoms with Gasteiger partial charge in [-0.2, -0.15) is 5.10 Å². The zero-order chi connectivity index (χ0) is 39.5. The number of aromatic nitrogens is 2. The molecule has 0 saturated heterocycles. The van der Waals surface area contributed by atoms with Crippen LogP contribution in [-0.2, 0) is 34.6 Å². The lowest BCUT2D eigenvalue weighted by atomic mass is 9.77. The lowest BCUT2D eigenvalue weighted by Gasteiger charge is -2.37. The third kappa shape index (κ3) is 6.65. The third-order valence-electron chi connectivity index (χ3n) is 11.1. The molecule has 2 amide bonds. The first-order valence-electron chi connectivity index (χ1n) is 19.0. The molecule has 1 aliphatic heterocycles. The van der Waals surface area contributed by atoms with Gasteiger partial charge >= 0.3 is 6.09 Å². The van der Waals surface area contributed by atoms with Crippen LogP contribution in [0.2, 0.25) is 0 Å². The average molecular weight is 757 g/mol. The van der Waals surface area contributed by atoms with Gasteiger partial charge in [-0.1, -0.05) is 121 Å². The van der Waals surface area contributed by atoms with Crippen molar-refractivity contribution in [3.63, 3.8) is 0 Å². The normalized spacial score (nSPS) is 13.2. The largest absolute Gasteiger partial charge is 0.497 e. The lowest BCUT2D eigenvalue weighted by molar-refractivity contribution is -0.134. The molecule has 0 saturated carbocycles. The van der Waals surface area contributed by atoms with E-state index in [1.165, 1.54) is 7.11 Å². The number of benzene rings is 6. The Morgan fingerprint density at radius 3 is 1.86 bits per heavy atom. The van der Waals surface area contributed by atoms with Crippen molar-refractivity contribution >= 4 is 28.7 Å². The number of fused-ring (bicyclic) bond motifs is 2. The van der Waals surface area contributed by atoms with Crippen LogP contribution >= 0.6 is 0 Å². The molecule has 1 atom stereocenters. The van der Waals surface area contributed by atoms with Crippen LogP contribution in [-0.4, -0.2) is 48.0 Å². The van der Waals surface area contributed by atoms with Gasteiger partial charge in [0.2, 0.25) is 5.91 Å². The maximum absolute atomic E-state index is 14.1. The van der Waals surface area contributed by atoms with Crippen LogP contribution < -0.4 is 14.4 Å². The number of rotatable bonds is 11. The van der Waals surface area contributed by atoms with E-state index in [0.717, 1.165) is 49.8 Å². The maximum atomic E-state index is 14.1. The summed E-state index contributed by atoms with van der Waals surface area (Å²) >= 11 is 0. The molecule has 7 aromatic rings. The van der Waals surface area contributed by atoms with Crippen LogP contribution in [0.1, 0.15) is 51.9 Å². The molecule has 2 heterocycles. The smallest absolute Gasteiger partial charge is 0.415 e. The third-order valence-corrected chi connectivity index (χ3v) is 11.1. The number of amides is 2. The Kier molecular flexibility index (Phi) is 10.2. The first-order valence-corrected chi connectivity index (χ1v) is 19.0. The standard InChI is InChI=1S/C48H44N4O5/c1-33(34-17-9-5-10-18-34)50-32-37-27-42-43(28-36(37)29-45(50)53)52(49-46(42)51(47(54)57-4)31-35-25-26-41(55-2)30-44(35)56-3)48(38-19-11-6-12-20-38,39-21-13-7-14-22-39)40-23-15-8-16-24-40/h5-28,30,33H,29,31-32H2,1-4H3/t33-/m1/s1. The Labute approximate surface area is 332 Å². The Morgan fingerprint density at radius 1 is 0.737 bits per heavy atom. The van der Waals surface area contributed by atoms with Gasteiger partial charge in [0.15, 0.2) is 5.82 Å². The van der Waals surface area contributed by atoms with Crippen molar-refractivity contribution in [1.29, 1.82) is 0 Å². The van der Waals surface area contributed by atoms with Crippen molar-refractivity contribution in [3.05, 3.63) is 191 Å². The molecule has 8 rings (SSSR count). The average Bonchev–Trinajstić information content (AvgIpc) is 3.63. The molecule has 1 aromatic heterocycles. The second-order valence-electron chi connectivity index (χ2n) is 14.2. The van der Waals surface area contributed by atoms with E-state index in [4.69, 9.17) is 19.3 Å². The molecule has 6 aromatic carbocycles. The summed E-state index contributed by atoms with van der Waals surface area (Å²) in [7, 11) is 4.56. The van der Waals surface area contributed by atoms with Gasteiger partial charge in [-0.25, -0.2) is 9.48 Å². The predicted molar refractivity (Wildman–Crippen MR) is 222 cm³/mol. The fourth-order valence-electron chi connectivity index (χ4n) is 8.19. The molecular formula is C48H44N4O5. The Hall–Kier alpha value is -6.87. The Morgan fingerprint density at radius 2 is 1.32 bits per heavy atom. The molecule has 286 valence electrons. The van der Waals surface area contributed by atoms with Gasteiger partial charge < -0.3 is 19.1 Å². The zero-order valence-corrected chi connectivity index (χ0v) is 32.5. The molecule has 0 fully saturated rings. The summed E-state index contributed by atoms with van der Waals surface area (Å²) in [5, 5.41) is 6.25. The minimum atomic E-state index is -1.01. The van der Waals surface area contributed by atoms with E-state index in [9.17, 15) is 9.59 Å². The molecule has 0 unspecified atom stereocenters. The quantitative estimate of drug-likeness (QED) is 0.122. The predicted octanol–water partition coefficient (Wildman–Crippen LogP) is 9.31. The molecule has 9 heteroatoms. The number of hydrogen-bond donors (Lipinski definition) is 0. The SMILES string of the molecule is COC(=O)N(Cc1ccc(OC)cc1OC)c1nn(C(c2ccccc2)(c2ccccc2)c2ccccc2)c2cc3c(cc12)CN([C@H](C)c1ccccc1)C(=O)C3. The minimum absolute atomic E-state index is 0.0488. The minimum Gasteiger partial charge on any atom is -0.497 e. The highest BCUT2D eigenvalue weighted by atomic mass is 16.5. The number of carbonyl (C=O) groups excluding carboxylic acids is 2. The molecule has 57 heavy (non-hydrogen) atoms. The van der Waals surface area contributed by atoms with Gasteiger partial charge in [0, 0.05) is 23.6 Å². The summed E-state index contributed by atoms with van der Waals surface area (Å²) in [5.74, 6) is 1.64. The van der Waals surface area contributed by atoms with E-state index in [2.05, 4.69) is 67.6 Å². The van der Waals surface area contributed by atoms with Gasteiger partial charge in [0.25, 0.3) is 0 Å². The highest BCUT2D eigenvalue weighted by molar-refractivity contribution is 6.00. The van der Waals surface area contributed by atoms with Crippen LogP contribution in [0.5, 0.6) is 11.5 Å². The topological polar surface area (TPSA) is 86.1 Å². The second kappa shape index (κ2) is 15.7. The van der Waals surface area contributed by atoms with Crippen molar-refractivity contribution < 1.29 is 23.8 Å². The van der Waals surface area contributed by atoms with Gasteiger partial charge in [-0.05, 0) is 64.6 Å². The van der Waals surface area contributed by atoms with Crippen molar-refractivity contribution in [3.8, 4) is 11.5 Å². The highest BCUT2D eigenvalue weighted by Gasteiger charge is 2.42. The number of methoxy groups -OCH3 is 3. The van der Waals surface area contributed by atoms with Gasteiger partial charge in [0.1, 0.15) is 17.0 Å². The van der Waals surface area contributed by atoms with Crippen LogP contribution in [0.4, 0.5) is 10.6 Å². The first-order chi connectivity index (χ1) is 27.9. The fourth-order valence-corrected chi connectivity index (χ4v) is 8.19. The van der Waals surface area contributed by atoms with E-state index in [1.807, 2.05) is 94.5 Å². The van der Waals surface area contributed by atoms with E-state index >= 15 is 0 Å². The van der Waals surface area contributed by atoms with Crippen LogP contribution in [0.3, 0.4) is 0 Å². The summed E-state index contributed by atoms with van der Waals surface area (Å²) in [4.78, 5) is 31.6.